The van der Waals surface area contributed by atoms with Crippen LogP contribution in [0.1, 0.15) is 0 Å². The van der Waals surface area contributed by atoms with Crippen molar-refractivity contribution in [1.29, 1.82) is 0 Å². The van der Waals surface area contributed by atoms with Gasteiger partial charge in [-0.15, -0.1) is 0 Å². The third-order valence-electron chi connectivity index (χ3n) is 5.75. The van der Waals surface area contributed by atoms with E-state index in [1.807, 2.05) is 0 Å². The van der Waals surface area contributed by atoms with E-state index in [1.165, 1.54) is 38.7 Å². The van der Waals surface area contributed by atoms with Crippen LogP contribution in [0, 0.1) is 0 Å². The summed E-state index contributed by atoms with van der Waals surface area (Å²) in [5, 5.41) is 2.55. The first-order valence-electron chi connectivity index (χ1n) is 9.96. The molecule has 0 N–H and O–H groups in total. The van der Waals surface area contributed by atoms with Gasteiger partial charge in [-0.05, 0) is 81.6 Å². The van der Waals surface area contributed by atoms with Crippen LogP contribution in [-0.2, 0) is 0 Å². The lowest BCUT2D eigenvalue weighted by atomic mass is 9.79. The molecule has 0 saturated heterocycles. The molecule has 0 fully saturated rings. The third kappa shape index (κ3) is 2.55. The Morgan fingerprint density at radius 1 is 0.345 bits per heavy atom. The molecule has 5 aromatic carbocycles. The summed E-state index contributed by atoms with van der Waals surface area (Å²) in [5.41, 5.74) is 8.93. The largest absolute Gasteiger partial charge is 0.310 e. The molecule has 0 atom stereocenters. The molecule has 1 nitrogen and oxygen atoms in total. The maximum Gasteiger partial charge on any atom is 0.0468 e. The molecule has 136 valence electrons. The summed E-state index contributed by atoms with van der Waals surface area (Å²) in [6.45, 7) is 0. The van der Waals surface area contributed by atoms with Gasteiger partial charge in [-0.1, -0.05) is 66.7 Å². The quantitative estimate of drug-likeness (QED) is 0.306. The summed E-state index contributed by atoms with van der Waals surface area (Å²) in [6.07, 6.45) is 0. The minimum absolute atomic E-state index is 1.16. The highest BCUT2D eigenvalue weighted by Gasteiger charge is 2.22. The van der Waals surface area contributed by atoms with Crippen LogP contribution in [-0.4, -0.2) is 0 Å². The van der Waals surface area contributed by atoms with Gasteiger partial charge < -0.3 is 4.90 Å². The number of hydrogen-bond acceptors (Lipinski definition) is 1. The Labute approximate surface area is 170 Å². The van der Waals surface area contributed by atoms with Gasteiger partial charge in [0, 0.05) is 17.1 Å². The smallest absolute Gasteiger partial charge is 0.0468 e. The van der Waals surface area contributed by atoms with Crippen molar-refractivity contribution in [3.8, 4) is 22.3 Å². The normalized spacial score (nSPS) is 11.4. The number of rotatable bonds is 3. The number of nitrogens with zero attached hydrogens (tertiary/aromatic N) is 1. The first-order valence-corrected chi connectivity index (χ1v) is 9.96. The minimum Gasteiger partial charge on any atom is -0.310 e. The zero-order chi connectivity index (χ0) is 19.2. The second-order valence-corrected chi connectivity index (χ2v) is 7.48. The monoisotopic (exact) mass is 369 g/mol. The summed E-state index contributed by atoms with van der Waals surface area (Å²) in [6, 6.07) is 41.2. The predicted molar refractivity (Wildman–Crippen MR) is 123 cm³/mol. The zero-order valence-corrected chi connectivity index (χ0v) is 15.9. The van der Waals surface area contributed by atoms with Gasteiger partial charge in [-0.2, -0.15) is 0 Å². The number of hydrogen-bond donors (Lipinski definition) is 0. The van der Waals surface area contributed by atoms with Crippen molar-refractivity contribution in [2.45, 2.75) is 0 Å². The van der Waals surface area contributed by atoms with Gasteiger partial charge in [0.25, 0.3) is 0 Å². The van der Waals surface area contributed by atoms with E-state index >= 15 is 0 Å². The molecule has 0 aromatic heterocycles. The predicted octanol–water partition coefficient (Wildman–Crippen LogP) is 7.96. The molecule has 0 bridgehead atoms. The maximum absolute atomic E-state index is 2.34. The standard InChI is InChI=1S/C28H19N/c1-3-9-22(10-4-1)29(23-11-5-2-6-12-23)24-16-15-20-18-27-25-13-7-8-14-26(25)28(27)19-21(20)17-24/h1-19H. The molecule has 1 heteroatoms. The first kappa shape index (κ1) is 16.1. The van der Waals surface area contributed by atoms with Gasteiger partial charge in [0.15, 0.2) is 0 Å². The molecule has 0 radical (unpaired) electrons. The SMILES string of the molecule is c1ccc(N(c2ccccc2)c2ccc3cc4c(cc3c2)-c2ccccc2-4)cc1. The second-order valence-electron chi connectivity index (χ2n) is 7.48. The molecular weight excluding hydrogens is 350 g/mol. The molecule has 5 aromatic rings. The Morgan fingerprint density at radius 2 is 0.862 bits per heavy atom. The fourth-order valence-electron chi connectivity index (χ4n) is 4.36. The van der Waals surface area contributed by atoms with Crippen LogP contribution in [0.2, 0.25) is 0 Å². The number of fused-ring (bicyclic) bond motifs is 5. The number of anilines is 3. The summed E-state index contributed by atoms with van der Waals surface area (Å²) >= 11 is 0. The highest BCUT2D eigenvalue weighted by molar-refractivity contribution is 6.08. The van der Waals surface area contributed by atoms with Crippen LogP contribution >= 0.6 is 0 Å². The van der Waals surface area contributed by atoms with Gasteiger partial charge >= 0.3 is 0 Å². The van der Waals surface area contributed by atoms with Gasteiger partial charge in [0.2, 0.25) is 0 Å². The van der Waals surface area contributed by atoms with Crippen LogP contribution in [0.5, 0.6) is 0 Å². The molecule has 0 unspecified atom stereocenters. The fourth-order valence-corrected chi connectivity index (χ4v) is 4.36. The van der Waals surface area contributed by atoms with E-state index < -0.39 is 0 Å². The van der Waals surface area contributed by atoms with Crippen LogP contribution < -0.4 is 4.90 Å². The Hall–Kier alpha value is -3.84. The van der Waals surface area contributed by atoms with E-state index in [0.29, 0.717) is 0 Å². The second kappa shape index (κ2) is 6.35. The molecule has 0 heterocycles. The summed E-state index contributed by atoms with van der Waals surface area (Å²) in [4.78, 5) is 2.31. The van der Waals surface area contributed by atoms with Crippen molar-refractivity contribution in [2.75, 3.05) is 4.90 Å². The molecule has 0 saturated carbocycles. The summed E-state index contributed by atoms with van der Waals surface area (Å²) in [7, 11) is 0. The zero-order valence-electron chi connectivity index (χ0n) is 15.9. The molecular formula is C28H19N. The third-order valence-corrected chi connectivity index (χ3v) is 5.75. The average Bonchev–Trinajstić information content (AvgIpc) is 2.79. The van der Waals surface area contributed by atoms with E-state index in [2.05, 4.69) is 120 Å². The Morgan fingerprint density at radius 3 is 1.45 bits per heavy atom. The molecule has 1 aliphatic rings. The lowest BCUT2D eigenvalue weighted by molar-refractivity contribution is 1.29. The fraction of sp³-hybridized carbons (Fsp3) is 0. The first-order chi connectivity index (χ1) is 14.4. The van der Waals surface area contributed by atoms with Gasteiger partial charge in [0.05, 0.1) is 0 Å². The van der Waals surface area contributed by atoms with Gasteiger partial charge in [-0.3, -0.25) is 0 Å². The van der Waals surface area contributed by atoms with Crippen LogP contribution in [0.25, 0.3) is 33.0 Å². The van der Waals surface area contributed by atoms with Crippen molar-refractivity contribution < 1.29 is 0 Å². The molecule has 0 amide bonds. The minimum atomic E-state index is 1.16. The van der Waals surface area contributed by atoms with Crippen molar-refractivity contribution in [1.82, 2.24) is 0 Å². The van der Waals surface area contributed by atoms with E-state index in [1.54, 1.807) is 0 Å². The van der Waals surface area contributed by atoms with Gasteiger partial charge in [0.1, 0.15) is 0 Å². The number of para-hydroxylation sites is 2. The Kier molecular flexibility index (Phi) is 3.54. The molecule has 6 rings (SSSR count). The highest BCUT2D eigenvalue weighted by atomic mass is 15.1. The maximum atomic E-state index is 2.34. The lowest BCUT2D eigenvalue weighted by Gasteiger charge is -2.27. The van der Waals surface area contributed by atoms with E-state index in [9.17, 15) is 0 Å². The van der Waals surface area contributed by atoms with Crippen molar-refractivity contribution in [2.24, 2.45) is 0 Å². The molecule has 29 heavy (non-hydrogen) atoms. The van der Waals surface area contributed by atoms with Crippen molar-refractivity contribution in [3.05, 3.63) is 115 Å². The summed E-state index contributed by atoms with van der Waals surface area (Å²) in [5.74, 6) is 0. The Bertz CT molecular complexity index is 1300. The van der Waals surface area contributed by atoms with Crippen molar-refractivity contribution in [3.63, 3.8) is 0 Å². The molecule has 0 spiro atoms. The average molecular weight is 369 g/mol. The molecule has 1 aliphatic carbocycles. The topological polar surface area (TPSA) is 3.24 Å². The molecule has 0 aliphatic heterocycles. The van der Waals surface area contributed by atoms with E-state index in [0.717, 1.165) is 11.4 Å². The van der Waals surface area contributed by atoms with E-state index in [4.69, 9.17) is 0 Å². The van der Waals surface area contributed by atoms with E-state index in [-0.39, 0.29) is 0 Å². The van der Waals surface area contributed by atoms with Crippen LogP contribution in [0.15, 0.2) is 115 Å². The highest BCUT2D eigenvalue weighted by Crippen LogP contribution is 2.49. The van der Waals surface area contributed by atoms with Crippen molar-refractivity contribution >= 4 is 27.8 Å². The Balaban J connectivity index is 1.52. The van der Waals surface area contributed by atoms with Crippen LogP contribution in [0.3, 0.4) is 0 Å². The summed E-state index contributed by atoms with van der Waals surface area (Å²) < 4.78 is 0. The van der Waals surface area contributed by atoms with Crippen LogP contribution in [0.4, 0.5) is 17.1 Å². The number of benzene rings is 5. The van der Waals surface area contributed by atoms with Gasteiger partial charge in [-0.25, -0.2) is 0 Å². The lowest BCUT2D eigenvalue weighted by Crippen LogP contribution is -2.09.